The summed E-state index contributed by atoms with van der Waals surface area (Å²) >= 11 is 0. The average molecular weight is 299 g/mol. The molecule has 4 nitrogen and oxygen atoms in total. The number of hydrogen-bond acceptors (Lipinski definition) is 3. The highest BCUT2D eigenvalue weighted by Crippen LogP contribution is 2.29. The van der Waals surface area contributed by atoms with Gasteiger partial charge in [0.15, 0.2) is 0 Å². The zero-order valence-corrected chi connectivity index (χ0v) is 13.2. The summed E-state index contributed by atoms with van der Waals surface area (Å²) in [5, 5.41) is 10.4. The van der Waals surface area contributed by atoms with E-state index < -0.39 is 6.10 Å². The molecule has 2 aromatic rings. The molecule has 1 aromatic heterocycles. The first-order chi connectivity index (χ1) is 10.7. The molecule has 2 N–H and O–H groups in total. The van der Waals surface area contributed by atoms with Gasteiger partial charge in [0, 0.05) is 18.9 Å². The maximum atomic E-state index is 10.4. The molecule has 0 amide bonds. The van der Waals surface area contributed by atoms with Crippen LogP contribution in [0, 0.1) is 5.92 Å². The molecule has 0 radical (unpaired) electrons. The van der Waals surface area contributed by atoms with E-state index in [0.717, 1.165) is 32.5 Å². The minimum absolute atomic E-state index is 0.314. The first-order valence-electron chi connectivity index (χ1n) is 8.18. The fourth-order valence-corrected chi connectivity index (χ4v) is 3.39. The van der Waals surface area contributed by atoms with E-state index in [0.29, 0.717) is 17.7 Å². The molecule has 118 valence electrons. The van der Waals surface area contributed by atoms with Crippen LogP contribution in [0.3, 0.4) is 0 Å². The van der Waals surface area contributed by atoms with Gasteiger partial charge in [-0.15, -0.1) is 0 Å². The Morgan fingerprint density at radius 3 is 2.64 bits per heavy atom. The van der Waals surface area contributed by atoms with Crippen LogP contribution in [-0.4, -0.2) is 39.6 Å². The molecule has 1 fully saturated rings. The number of aromatic amines is 1. The summed E-state index contributed by atoms with van der Waals surface area (Å²) in [6, 6.07) is 10.7. The van der Waals surface area contributed by atoms with Crippen LogP contribution in [0.25, 0.3) is 0 Å². The Morgan fingerprint density at radius 2 is 2.00 bits per heavy atom. The number of aromatic nitrogens is 2. The third-order valence-corrected chi connectivity index (χ3v) is 4.78. The number of piperidine rings is 1. The minimum atomic E-state index is -0.455. The molecule has 3 rings (SSSR count). The fourth-order valence-electron chi connectivity index (χ4n) is 3.39. The van der Waals surface area contributed by atoms with E-state index in [1.54, 1.807) is 12.4 Å². The number of nitrogens with one attached hydrogen (secondary N) is 1. The Morgan fingerprint density at radius 1 is 1.27 bits per heavy atom. The Hall–Kier alpha value is -1.65. The molecular formula is C18H25N3O. The molecule has 2 atom stereocenters. The summed E-state index contributed by atoms with van der Waals surface area (Å²) in [7, 11) is 0. The number of imidazole rings is 1. The first-order valence-corrected chi connectivity index (χ1v) is 8.18. The number of hydrogen-bond donors (Lipinski definition) is 2. The van der Waals surface area contributed by atoms with E-state index in [-0.39, 0.29) is 0 Å². The molecule has 0 spiro atoms. The highest BCUT2D eigenvalue weighted by atomic mass is 16.3. The summed E-state index contributed by atoms with van der Waals surface area (Å²) in [5.41, 5.74) is 1.40. The number of benzene rings is 1. The number of likely N-dealkylation sites (tertiary alicyclic amines) is 1. The van der Waals surface area contributed by atoms with Gasteiger partial charge in [-0.1, -0.05) is 37.3 Å². The number of nitrogens with zero attached hydrogens (tertiary/aromatic N) is 2. The van der Waals surface area contributed by atoms with Crippen molar-refractivity contribution in [1.82, 2.24) is 14.9 Å². The fraction of sp³-hybridized carbons (Fsp3) is 0.500. The van der Waals surface area contributed by atoms with E-state index in [4.69, 9.17) is 0 Å². The quantitative estimate of drug-likeness (QED) is 0.892. The highest BCUT2D eigenvalue weighted by molar-refractivity contribution is 5.19. The summed E-state index contributed by atoms with van der Waals surface area (Å²) in [6.07, 6.45) is 5.08. The van der Waals surface area contributed by atoms with Crippen LogP contribution >= 0.6 is 0 Å². The van der Waals surface area contributed by atoms with Gasteiger partial charge in [0.25, 0.3) is 0 Å². The maximum absolute atomic E-state index is 10.4. The second-order valence-electron chi connectivity index (χ2n) is 6.37. The standard InChI is InChI=1S/C18H25N3O/c1-14(15-5-3-2-4-6-15)13-21-11-7-16(8-12-21)17(22)18-19-9-10-20-18/h2-6,9-10,14,16-17,22H,7-8,11-13H2,1H3,(H,19,20). The molecule has 0 saturated carbocycles. The molecule has 0 bridgehead atoms. The molecule has 1 aliphatic rings. The molecule has 22 heavy (non-hydrogen) atoms. The minimum Gasteiger partial charge on any atom is -0.385 e. The van der Waals surface area contributed by atoms with Gasteiger partial charge < -0.3 is 15.0 Å². The van der Waals surface area contributed by atoms with Gasteiger partial charge >= 0.3 is 0 Å². The van der Waals surface area contributed by atoms with Crippen LogP contribution in [-0.2, 0) is 0 Å². The third kappa shape index (κ3) is 3.57. The number of H-pyrrole nitrogens is 1. The second-order valence-corrected chi connectivity index (χ2v) is 6.37. The van der Waals surface area contributed by atoms with Gasteiger partial charge in [-0.2, -0.15) is 0 Å². The first kappa shape index (κ1) is 15.3. The maximum Gasteiger partial charge on any atom is 0.135 e. The van der Waals surface area contributed by atoms with Crippen LogP contribution < -0.4 is 0 Å². The third-order valence-electron chi connectivity index (χ3n) is 4.78. The zero-order valence-electron chi connectivity index (χ0n) is 13.2. The van der Waals surface area contributed by atoms with Gasteiger partial charge in [0.2, 0.25) is 0 Å². The SMILES string of the molecule is CC(CN1CCC(C(O)c2ncc[nH]2)CC1)c1ccccc1. The molecule has 2 unspecified atom stereocenters. The smallest absolute Gasteiger partial charge is 0.135 e. The number of aliphatic hydroxyl groups is 1. The largest absolute Gasteiger partial charge is 0.385 e. The lowest BCUT2D eigenvalue weighted by atomic mass is 9.90. The topological polar surface area (TPSA) is 52.1 Å². The Labute approximate surface area is 132 Å². The Kier molecular flexibility index (Phi) is 4.90. The van der Waals surface area contributed by atoms with Gasteiger partial charge in [-0.25, -0.2) is 4.98 Å². The van der Waals surface area contributed by atoms with E-state index >= 15 is 0 Å². The van der Waals surface area contributed by atoms with E-state index in [1.807, 2.05) is 0 Å². The van der Waals surface area contributed by atoms with Gasteiger partial charge in [-0.3, -0.25) is 0 Å². The lowest BCUT2D eigenvalue weighted by molar-refractivity contribution is 0.0523. The summed E-state index contributed by atoms with van der Waals surface area (Å²) in [4.78, 5) is 9.72. The van der Waals surface area contributed by atoms with Crippen molar-refractivity contribution in [2.24, 2.45) is 5.92 Å². The molecule has 1 aliphatic heterocycles. The van der Waals surface area contributed by atoms with Crippen molar-refractivity contribution in [2.45, 2.75) is 31.8 Å². The van der Waals surface area contributed by atoms with E-state index in [1.165, 1.54) is 5.56 Å². The van der Waals surface area contributed by atoms with Crippen molar-refractivity contribution in [3.8, 4) is 0 Å². The van der Waals surface area contributed by atoms with E-state index in [2.05, 4.69) is 52.1 Å². The Balaban J connectivity index is 1.50. The van der Waals surface area contributed by atoms with Crippen LogP contribution in [0.4, 0.5) is 0 Å². The van der Waals surface area contributed by atoms with Crippen molar-refractivity contribution in [1.29, 1.82) is 0 Å². The van der Waals surface area contributed by atoms with Crippen molar-refractivity contribution < 1.29 is 5.11 Å². The monoisotopic (exact) mass is 299 g/mol. The van der Waals surface area contributed by atoms with Gasteiger partial charge in [0.05, 0.1) is 0 Å². The predicted molar refractivity (Wildman–Crippen MR) is 87.6 cm³/mol. The van der Waals surface area contributed by atoms with Crippen LogP contribution in [0.1, 0.15) is 43.2 Å². The van der Waals surface area contributed by atoms with Crippen LogP contribution in [0.15, 0.2) is 42.7 Å². The molecule has 1 saturated heterocycles. The van der Waals surface area contributed by atoms with Crippen molar-refractivity contribution >= 4 is 0 Å². The number of aliphatic hydroxyl groups excluding tert-OH is 1. The number of rotatable bonds is 5. The molecule has 4 heteroatoms. The van der Waals surface area contributed by atoms with Crippen molar-refractivity contribution in [3.63, 3.8) is 0 Å². The normalized spacial score (nSPS) is 19.9. The Bertz CT molecular complexity index is 547. The van der Waals surface area contributed by atoms with E-state index in [9.17, 15) is 5.11 Å². The van der Waals surface area contributed by atoms with Crippen molar-refractivity contribution in [3.05, 3.63) is 54.1 Å². The van der Waals surface area contributed by atoms with Gasteiger partial charge in [0.1, 0.15) is 11.9 Å². The van der Waals surface area contributed by atoms with Crippen LogP contribution in [0.2, 0.25) is 0 Å². The summed E-state index contributed by atoms with van der Waals surface area (Å²) < 4.78 is 0. The lowest BCUT2D eigenvalue weighted by Crippen LogP contribution is -2.37. The van der Waals surface area contributed by atoms with Crippen molar-refractivity contribution in [2.75, 3.05) is 19.6 Å². The second kappa shape index (κ2) is 7.07. The molecule has 0 aliphatic carbocycles. The summed E-state index contributed by atoms with van der Waals surface area (Å²) in [6.45, 7) is 5.49. The van der Waals surface area contributed by atoms with Crippen LogP contribution in [0.5, 0.6) is 0 Å². The predicted octanol–water partition coefficient (Wildman–Crippen LogP) is 2.96. The lowest BCUT2D eigenvalue weighted by Gasteiger charge is -2.35. The highest BCUT2D eigenvalue weighted by Gasteiger charge is 2.28. The molecule has 2 heterocycles. The van der Waals surface area contributed by atoms with Gasteiger partial charge in [-0.05, 0) is 43.3 Å². The zero-order chi connectivity index (χ0) is 15.4. The molecular weight excluding hydrogens is 274 g/mol. The summed E-state index contributed by atoms with van der Waals surface area (Å²) in [5.74, 6) is 1.57. The molecule has 1 aromatic carbocycles. The average Bonchev–Trinajstić information content (AvgIpc) is 3.10.